The fraction of sp³-hybridized carbons (Fsp3) is 0.381. The molecule has 2 amide bonds. The number of amides is 2. The molecule has 28 heavy (non-hydrogen) atoms. The molecule has 1 aliphatic carbocycles. The molecule has 0 saturated heterocycles. The highest BCUT2D eigenvalue weighted by Crippen LogP contribution is 2.40. The van der Waals surface area contributed by atoms with Crippen LogP contribution in [0.2, 0.25) is 0 Å². The summed E-state index contributed by atoms with van der Waals surface area (Å²) in [6.07, 6.45) is 2.41. The van der Waals surface area contributed by atoms with E-state index in [4.69, 9.17) is 0 Å². The van der Waals surface area contributed by atoms with Gasteiger partial charge in [-0.3, -0.25) is 0 Å². The Balaban J connectivity index is 1.43. The van der Waals surface area contributed by atoms with Crippen LogP contribution in [0.25, 0.3) is 0 Å². The Labute approximate surface area is 165 Å². The van der Waals surface area contributed by atoms with E-state index in [2.05, 4.69) is 10.6 Å². The molecule has 2 aromatic carbocycles. The first kappa shape index (κ1) is 20.3. The fourth-order valence-corrected chi connectivity index (χ4v) is 4.59. The Morgan fingerprint density at radius 3 is 2.39 bits per heavy atom. The molecule has 1 atom stereocenters. The molecule has 3 rings (SSSR count). The lowest BCUT2D eigenvalue weighted by atomic mass is 10.0. The molecule has 1 saturated carbocycles. The van der Waals surface area contributed by atoms with E-state index in [1.165, 1.54) is 12.1 Å². The van der Waals surface area contributed by atoms with Gasteiger partial charge in [-0.1, -0.05) is 42.5 Å². The predicted octanol–water partition coefficient (Wildman–Crippen LogP) is 3.58. The monoisotopic (exact) mass is 404 g/mol. The Bertz CT molecular complexity index is 882. The van der Waals surface area contributed by atoms with Crippen molar-refractivity contribution < 1.29 is 17.6 Å². The molecule has 1 aliphatic rings. The van der Waals surface area contributed by atoms with Crippen LogP contribution >= 0.6 is 0 Å². The molecule has 0 aliphatic heterocycles. The lowest BCUT2D eigenvalue weighted by Crippen LogP contribution is -2.39. The second-order valence-corrected chi connectivity index (χ2v) is 9.38. The molecule has 2 N–H and O–H groups in total. The Morgan fingerprint density at radius 1 is 1.07 bits per heavy atom. The summed E-state index contributed by atoms with van der Waals surface area (Å²) in [6, 6.07) is 14.7. The van der Waals surface area contributed by atoms with Crippen molar-refractivity contribution in [2.75, 3.05) is 12.3 Å². The third-order valence-corrected chi connectivity index (χ3v) is 6.44. The van der Waals surface area contributed by atoms with Crippen molar-refractivity contribution in [3.8, 4) is 0 Å². The molecule has 1 unspecified atom stereocenters. The van der Waals surface area contributed by atoms with Gasteiger partial charge in [0.25, 0.3) is 0 Å². The van der Waals surface area contributed by atoms with E-state index in [1.807, 2.05) is 18.2 Å². The number of carbonyl (C=O) groups excluding carboxylic acids is 1. The minimum absolute atomic E-state index is 0.00829. The third kappa shape index (κ3) is 6.34. The summed E-state index contributed by atoms with van der Waals surface area (Å²) in [5.41, 5.74) is 1.64. The van der Waals surface area contributed by atoms with Crippen LogP contribution in [0.1, 0.15) is 36.4 Å². The fourth-order valence-electron chi connectivity index (χ4n) is 3.16. The lowest BCUT2D eigenvalue weighted by Gasteiger charge is -2.19. The third-order valence-electron chi connectivity index (χ3n) is 4.76. The number of urea groups is 1. The number of carbonyl (C=O) groups is 1. The zero-order chi connectivity index (χ0) is 20.0. The van der Waals surface area contributed by atoms with Gasteiger partial charge in [-0.15, -0.1) is 0 Å². The SMILES string of the molecule is O=C(NCCCS(=O)(=O)Cc1ccccc1)NC(c1ccc(F)cc1)C1CC1. The average Bonchev–Trinajstić information content (AvgIpc) is 3.50. The van der Waals surface area contributed by atoms with Gasteiger partial charge in [0.1, 0.15) is 5.82 Å². The smallest absolute Gasteiger partial charge is 0.315 e. The van der Waals surface area contributed by atoms with Gasteiger partial charge in [-0.05, 0) is 48.4 Å². The number of sulfone groups is 1. The number of rotatable bonds is 9. The number of halogens is 1. The summed E-state index contributed by atoms with van der Waals surface area (Å²) < 4.78 is 37.5. The van der Waals surface area contributed by atoms with E-state index < -0.39 is 9.84 Å². The van der Waals surface area contributed by atoms with Gasteiger partial charge in [0, 0.05) is 6.54 Å². The summed E-state index contributed by atoms with van der Waals surface area (Å²) in [5.74, 6) is 0.0857. The molecule has 5 nitrogen and oxygen atoms in total. The highest BCUT2D eigenvalue weighted by Gasteiger charge is 2.33. The van der Waals surface area contributed by atoms with Crippen molar-refractivity contribution in [1.82, 2.24) is 10.6 Å². The molecule has 0 bridgehead atoms. The Kier molecular flexibility index (Phi) is 6.67. The number of hydrogen-bond acceptors (Lipinski definition) is 3. The van der Waals surface area contributed by atoms with Crippen molar-refractivity contribution in [3.05, 3.63) is 71.5 Å². The minimum atomic E-state index is -3.21. The number of nitrogens with one attached hydrogen (secondary N) is 2. The van der Waals surface area contributed by atoms with Crippen molar-refractivity contribution in [2.45, 2.75) is 31.1 Å². The van der Waals surface area contributed by atoms with Gasteiger partial charge < -0.3 is 10.6 Å². The zero-order valence-corrected chi connectivity index (χ0v) is 16.4. The Hall–Kier alpha value is -2.41. The van der Waals surface area contributed by atoms with E-state index in [0.29, 0.717) is 12.3 Å². The second kappa shape index (κ2) is 9.19. The van der Waals surface area contributed by atoms with Crippen molar-refractivity contribution in [1.29, 1.82) is 0 Å². The molecule has 0 aromatic heterocycles. The van der Waals surface area contributed by atoms with Crippen LogP contribution in [0.15, 0.2) is 54.6 Å². The van der Waals surface area contributed by atoms with Crippen LogP contribution in [-0.2, 0) is 15.6 Å². The highest BCUT2D eigenvalue weighted by atomic mass is 32.2. The van der Waals surface area contributed by atoms with Crippen LogP contribution in [0.5, 0.6) is 0 Å². The largest absolute Gasteiger partial charge is 0.338 e. The molecule has 2 aromatic rings. The van der Waals surface area contributed by atoms with Gasteiger partial charge in [-0.25, -0.2) is 17.6 Å². The van der Waals surface area contributed by atoms with Crippen LogP contribution in [0.4, 0.5) is 9.18 Å². The van der Waals surface area contributed by atoms with Gasteiger partial charge >= 0.3 is 6.03 Å². The zero-order valence-electron chi connectivity index (χ0n) is 15.6. The summed E-state index contributed by atoms with van der Waals surface area (Å²) in [6.45, 7) is 0.278. The van der Waals surface area contributed by atoms with Gasteiger partial charge in [-0.2, -0.15) is 0 Å². The maximum Gasteiger partial charge on any atom is 0.315 e. The summed E-state index contributed by atoms with van der Waals surface area (Å²) >= 11 is 0. The summed E-state index contributed by atoms with van der Waals surface area (Å²) in [7, 11) is -3.21. The molecule has 0 radical (unpaired) electrons. The molecule has 150 valence electrons. The maximum atomic E-state index is 13.1. The van der Waals surface area contributed by atoms with Crippen molar-refractivity contribution in [3.63, 3.8) is 0 Å². The molecule has 0 spiro atoms. The number of benzene rings is 2. The Morgan fingerprint density at radius 2 is 1.75 bits per heavy atom. The number of hydrogen-bond donors (Lipinski definition) is 2. The van der Waals surface area contributed by atoms with Crippen molar-refractivity contribution in [2.24, 2.45) is 5.92 Å². The normalized spacial score (nSPS) is 15.0. The topological polar surface area (TPSA) is 75.3 Å². The highest BCUT2D eigenvalue weighted by molar-refractivity contribution is 7.90. The van der Waals surface area contributed by atoms with Crippen molar-refractivity contribution >= 4 is 15.9 Å². The second-order valence-electron chi connectivity index (χ2n) is 7.20. The van der Waals surface area contributed by atoms with Crippen LogP contribution in [0, 0.1) is 11.7 Å². The van der Waals surface area contributed by atoms with Gasteiger partial charge in [0.2, 0.25) is 0 Å². The minimum Gasteiger partial charge on any atom is -0.338 e. The molecule has 7 heteroatoms. The first-order chi connectivity index (χ1) is 13.4. The van der Waals surface area contributed by atoms with E-state index >= 15 is 0 Å². The molecule has 0 heterocycles. The van der Waals surface area contributed by atoms with Crippen LogP contribution in [-0.4, -0.2) is 26.7 Å². The van der Waals surface area contributed by atoms with E-state index in [9.17, 15) is 17.6 Å². The summed E-state index contributed by atoms with van der Waals surface area (Å²) in [4.78, 5) is 12.2. The molecular weight excluding hydrogens is 379 g/mol. The first-order valence-corrected chi connectivity index (χ1v) is 11.3. The van der Waals surface area contributed by atoms with Gasteiger partial charge in [0.05, 0.1) is 17.5 Å². The quantitative estimate of drug-likeness (QED) is 0.627. The van der Waals surface area contributed by atoms with E-state index in [0.717, 1.165) is 24.0 Å². The van der Waals surface area contributed by atoms with E-state index in [-0.39, 0.29) is 35.9 Å². The molecule has 1 fully saturated rings. The lowest BCUT2D eigenvalue weighted by molar-refractivity contribution is 0.235. The standard InChI is InChI=1S/C21H25FN2O3S/c22-19-11-9-18(10-12-19)20(17-7-8-17)24-21(25)23-13-4-14-28(26,27)15-16-5-2-1-3-6-16/h1-3,5-6,9-12,17,20H,4,7-8,13-15H2,(H2,23,24,25). The van der Waals surface area contributed by atoms with E-state index in [1.54, 1.807) is 24.3 Å². The van der Waals surface area contributed by atoms with Crippen LogP contribution in [0.3, 0.4) is 0 Å². The maximum absolute atomic E-state index is 13.1. The van der Waals surface area contributed by atoms with Crippen LogP contribution < -0.4 is 10.6 Å². The molecular formula is C21H25FN2O3S. The summed E-state index contributed by atoms with van der Waals surface area (Å²) in [5, 5.41) is 5.66. The predicted molar refractivity (Wildman–Crippen MR) is 107 cm³/mol. The average molecular weight is 405 g/mol. The first-order valence-electron chi connectivity index (χ1n) is 9.47. The van der Waals surface area contributed by atoms with Gasteiger partial charge in [0.15, 0.2) is 9.84 Å².